The average Bonchev–Trinajstić information content (AvgIpc) is 2.31. The van der Waals surface area contributed by atoms with Gasteiger partial charge in [0, 0.05) is 32.1 Å². The zero-order valence-corrected chi connectivity index (χ0v) is 10.5. The molecule has 4 nitrogen and oxygen atoms in total. The summed E-state index contributed by atoms with van der Waals surface area (Å²) in [4.78, 5) is 13.9. The molecule has 0 saturated carbocycles. The minimum absolute atomic E-state index is 0.205. The number of amides is 1. The lowest BCUT2D eigenvalue weighted by Crippen LogP contribution is -2.45. The number of rotatable bonds is 6. The minimum atomic E-state index is 0.205. The lowest BCUT2D eigenvalue weighted by molar-refractivity contribution is -0.132. The Kier molecular flexibility index (Phi) is 6.42. The molecule has 0 aliphatic carbocycles. The Morgan fingerprint density at radius 2 is 2.31 bits per heavy atom. The van der Waals surface area contributed by atoms with E-state index in [9.17, 15) is 4.79 Å². The van der Waals surface area contributed by atoms with E-state index in [2.05, 4.69) is 12.2 Å². The van der Waals surface area contributed by atoms with E-state index in [1.165, 1.54) is 0 Å². The molecule has 16 heavy (non-hydrogen) atoms. The van der Waals surface area contributed by atoms with Gasteiger partial charge in [0.25, 0.3) is 0 Å². The second kappa shape index (κ2) is 7.63. The highest BCUT2D eigenvalue weighted by molar-refractivity contribution is 5.76. The van der Waals surface area contributed by atoms with Gasteiger partial charge in [-0.15, -0.1) is 0 Å². The van der Waals surface area contributed by atoms with Gasteiger partial charge in [-0.1, -0.05) is 13.3 Å². The van der Waals surface area contributed by atoms with Gasteiger partial charge in [-0.3, -0.25) is 4.79 Å². The van der Waals surface area contributed by atoms with E-state index < -0.39 is 0 Å². The van der Waals surface area contributed by atoms with Crippen LogP contribution in [0.5, 0.6) is 0 Å². The molecule has 1 heterocycles. The summed E-state index contributed by atoms with van der Waals surface area (Å²) in [7, 11) is 0. The topological polar surface area (TPSA) is 41.6 Å². The highest BCUT2D eigenvalue weighted by Gasteiger charge is 2.19. The number of hydrogen-bond acceptors (Lipinski definition) is 3. The second-order valence-corrected chi connectivity index (χ2v) is 4.26. The van der Waals surface area contributed by atoms with Crippen LogP contribution >= 0.6 is 0 Å². The van der Waals surface area contributed by atoms with Gasteiger partial charge in [-0.2, -0.15) is 0 Å². The first-order chi connectivity index (χ1) is 7.77. The monoisotopic (exact) mass is 228 g/mol. The van der Waals surface area contributed by atoms with Gasteiger partial charge in [0.05, 0.1) is 13.2 Å². The molecule has 0 spiro atoms. The van der Waals surface area contributed by atoms with Crippen LogP contribution in [0.25, 0.3) is 0 Å². The maximum atomic E-state index is 12.0. The lowest BCUT2D eigenvalue weighted by atomic mass is 10.1. The normalized spacial score (nSPS) is 20.8. The van der Waals surface area contributed by atoms with Gasteiger partial charge in [-0.25, -0.2) is 0 Å². The number of hydrogen-bond donors (Lipinski definition) is 1. The van der Waals surface area contributed by atoms with Gasteiger partial charge in [0.2, 0.25) is 5.91 Å². The molecule has 1 atom stereocenters. The second-order valence-electron chi connectivity index (χ2n) is 4.26. The Labute approximate surface area is 98.3 Å². The molecular weight excluding hydrogens is 204 g/mol. The molecule has 0 aromatic rings. The number of carbonyl (C=O) groups excluding carboxylic acids is 1. The Morgan fingerprint density at radius 3 is 2.88 bits per heavy atom. The summed E-state index contributed by atoms with van der Waals surface area (Å²) in [6, 6.07) is 0.205. The Balaban J connectivity index is 2.29. The van der Waals surface area contributed by atoms with Crippen molar-refractivity contribution in [3.8, 4) is 0 Å². The van der Waals surface area contributed by atoms with Crippen LogP contribution in [0.3, 0.4) is 0 Å². The standard InChI is InChI=1S/C12H24N2O2/c1-3-5-7-14(4-2)12(15)9-11-10-16-8-6-13-11/h11,13H,3-10H2,1-2H3. The quantitative estimate of drug-likeness (QED) is 0.738. The highest BCUT2D eigenvalue weighted by Crippen LogP contribution is 2.04. The molecule has 1 fully saturated rings. The summed E-state index contributed by atoms with van der Waals surface area (Å²) < 4.78 is 5.34. The van der Waals surface area contributed by atoms with Gasteiger partial charge in [0.15, 0.2) is 0 Å². The number of morpholine rings is 1. The summed E-state index contributed by atoms with van der Waals surface area (Å²) in [6.07, 6.45) is 2.79. The van der Waals surface area contributed by atoms with Gasteiger partial charge in [0.1, 0.15) is 0 Å². The van der Waals surface area contributed by atoms with Crippen molar-refractivity contribution in [1.82, 2.24) is 10.2 Å². The smallest absolute Gasteiger partial charge is 0.224 e. The van der Waals surface area contributed by atoms with Crippen molar-refractivity contribution in [3.05, 3.63) is 0 Å². The number of unbranched alkanes of at least 4 members (excludes halogenated alkanes) is 1. The van der Waals surface area contributed by atoms with E-state index in [0.29, 0.717) is 13.0 Å². The van der Waals surface area contributed by atoms with Crippen molar-refractivity contribution in [2.24, 2.45) is 0 Å². The predicted octanol–water partition coefficient (Wildman–Crippen LogP) is 1.01. The molecule has 0 aromatic heterocycles. The molecule has 1 N–H and O–H groups in total. The third kappa shape index (κ3) is 4.49. The molecule has 1 saturated heterocycles. The molecule has 1 aliphatic heterocycles. The van der Waals surface area contributed by atoms with Crippen molar-refractivity contribution in [2.45, 2.75) is 39.2 Å². The van der Waals surface area contributed by atoms with Crippen molar-refractivity contribution in [1.29, 1.82) is 0 Å². The minimum Gasteiger partial charge on any atom is -0.378 e. The molecule has 1 unspecified atom stereocenters. The van der Waals surface area contributed by atoms with E-state index in [-0.39, 0.29) is 11.9 Å². The third-order valence-electron chi connectivity index (χ3n) is 2.94. The average molecular weight is 228 g/mol. The van der Waals surface area contributed by atoms with Crippen molar-refractivity contribution in [2.75, 3.05) is 32.8 Å². The maximum absolute atomic E-state index is 12.0. The molecular formula is C12H24N2O2. The Hall–Kier alpha value is -0.610. The van der Waals surface area contributed by atoms with E-state index in [0.717, 1.165) is 39.1 Å². The van der Waals surface area contributed by atoms with Gasteiger partial charge < -0.3 is 15.0 Å². The first-order valence-corrected chi connectivity index (χ1v) is 6.36. The van der Waals surface area contributed by atoms with Crippen LogP contribution in [0.4, 0.5) is 0 Å². The number of carbonyl (C=O) groups is 1. The number of nitrogens with zero attached hydrogens (tertiary/aromatic N) is 1. The summed E-state index contributed by atoms with van der Waals surface area (Å²) in [5.74, 6) is 0.249. The maximum Gasteiger partial charge on any atom is 0.224 e. The Bertz CT molecular complexity index is 203. The van der Waals surface area contributed by atoms with Crippen LogP contribution in [0.15, 0.2) is 0 Å². The fourth-order valence-corrected chi connectivity index (χ4v) is 1.90. The van der Waals surface area contributed by atoms with Crippen LogP contribution < -0.4 is 5.32 Å². The molecule has 4 heteroatoms. The molecule has 1 rings (SSSR count). The predicted molar refractivity (Wildman–Crippen MR) is 64.4 cm³/mol. The molecule has 0 radical (unpaired) electrons. The lowest BCUT2D eigenvalue weighted by Gasteiger charge is -2.27. The fraction of sp³-hybridized carbons (Fsp3) is 0.917. The van der Waals surface area contributed by atoms with Crippen molar-refractivity contribution >= 4 is 5.91 Å². The van der Waals surface area contributed by atoms with Crippen LogP contribution in [-0.2, 0) is 9.53 Å². The number of nitrogens with one attached hydrogen (secondary N) is 1. The molecule has 94 valence electrons. The van der Waals surface area contributed by atoms with Gasteiger partial charge >= 0.3 is 0 Å². The van der Waals surface area contributed by atoms with Gasteiger partial charge in [-0.05, 0) is 13.3 Å². The Morgan fingerprint density at radius 1 is 1.50 bits per heavy atom. The summed E-state index contributed by atoms with van der Waals surface area (Å²) >= 11 is 0. The van der Waals surface area contributed by atoms with E-state index >= 15 is 0 Å². The van der Waals surface area contributed by atoms with E-state index in [4.69, 9.17) is 4.74 Å². The SMILES string of the molecule is CCCCN(CC)C(=O)CC1COCCN1. The molecule has 1 amide bonds. The first-order valence-electron chi connectivity index (χ1n) is 6.36. The summed E-state index contributed by atoms with van der Waals surface area (Å²) in [5, 5.41) is 3.31. The van der Waals surface area contributed by atoms with Crippen LogP contribution in [0.1, 0.15) is 33.1 Å². The zero-order valence-electron chi connectivity index (χ0n) is 10.5. The third-order valence-corrected chi connectivity index (χ3v) is 2.94. The number of ether oxygens (including phenoxy) is 1. The van der Waals surface area contributed by atoms with Crippen LogP contribution in [-0.4, -0.2) is 49.7 Å². The summed E-state index contributed by atoms with van der Waals surface area (Å²) in [5.41, 5.74) is 0. The summed E-state index contributed by atoms with van der Waals surface area (Å²) in [6.45, 7) is 8.17. The molecule has 0 aromatic carbocycles. The zero-order chi connectivity index (χ0) is 11.8. The first kappa shape index (κ1) is 13.5. The van der Waals surface area contributed by atoms with E-state index in [1.807, 2.05) is 11.8 Å². The molecule has 1 aliphatic rings. The highest BCUT2D eigenvalue weighted by atomic mass is 16.5. The molecule has 0 bridgehead atoms. The van der Waals surface area contributed by atoms with Crippen LogP contribution in [0, 0.1) is 0 Å². The van der Waals surface area contributed by atoms with Crippen LogP contribution in [0.2, 0.25) is 0 Å². The van der Waals surface area contributed by atoms with E-state index in [1.54, 1.807) is 0 Å². The largest absolute Gasteiger partial charge is 0.378 e. The fourth-order valence-electron chi connectivity index (χ4n) is 1.90. The van der Waals surface area contributed by atoms with Crippen molar-refractivity contribution in [3.63, 3.8) is 0 Å². The van der Waals surface area contributed by atoms with Crippen molar-refractivity contribution < 1.29 is 9.53 Å².